The van der Waals surface area contributed by atoms with Crippen molar-refractivity contribution < 1.29 is 23.8 Å². The zero-order valence-electron chi connectivity index (χ0n) is 18.1. The van der Waals surface area contributed by atoms with Gasteiger partial charge >= 0.3 is 0 Å². The van der Waals surface area contributed by atoms with Crippen LogP contribution < -0.4 is 4.74 Å². The van der Waals surface area contributed by atoms with Crippen molar-refractivity contribution in [3.8, 4) is 5.75 Å². The average molecular weight is 426 g/mol. The van der Waals surface area contributed by atoms with Gasteiger partial charge in [0.05, 0.1) is 17.7 Å². The summed E-state index contributed by atoms with van der Waals surface area (Å²) < 4.78 is 20.3. The number of ether oxygens (including phenoxy) is 1. The van der Waals surface area contributed by atoms with E-state index in [9.17, 15) is 19.1 Å². The highest BCUT2D eigenvalue weighted by Gasteiger charge is 2.46. The molecule has 2 aromatic carbocycles. The number of hydrogen-bond donors (Lipinski definition) is 1. The summed E-state index contributed by atoms with van der Waals surface area (Å²) >= 11 is 0. The second-order valence-corrected chi connectivity index (χ2v) is 7.91. The van der Waals surface area contributed by atoms with Crippen molar-refractivity contribution in [3.05, 3.63) is 71.0 Å². The van der Waals surface area contributed by atoms with Gasteiger partial charge in [0.15, 0.2) is 0 Å². The van der Waals surface area contributed by atoms with Crippen LogP contribution in [0.25, 0.3) is 5.76 Å². The van der Waals surface area contributed by atoms with Crippen LogP contribution in [0.3, 0.4) is 0 Å². The molecule has 164 valence electrons. The van der Waals surface area contributed by atoms with Crippen LogP contribution in [0.4, 0.5) is 4.39 Å². The van der Waals surface area contributed by atoms with Gasteiger partial charge in [-0.05, 0) is 50.6 Å². The summed E-state index contributed by atoms with van der Waals surface area (Å²) in [6.07, 6.45) is 2.51. The number of Topliss-reactive ketones (excluding diaryl/α,β-unsaturated/α-hetero) is 1. The zero-order chi connectivity index (χ0) is 22.5. The first-order valence-electron chi connectivity index (χ1n) is 10.6. The number of nitrogens with zero attached hydrogens (tertiary/aromatic N) is 1. The number of carbonyl (C=O) groups is 2. The van der Waals surface area contributed by atoms with Gasteiger partial charge in [-0.3, -0.25) is 9.59 Å². The largest absolute Gasteiger partial charge is 0.507 e. The second kappa shape index (κ2) is 9.77. The van der Waals surface area contributed by atoms with Crippen LogP contribution in [-0.4, -0.2) is 34.3 Å². The predicted octanol–water partition coefficient (Wildman–Crippen LogP) is 5.22. The molecular formula is C25H28FNO4. The molecule has 1 fully saturated rings. The normalized spacial score (nSPS) is 18.1. The lowest BCUT2D eigenvalue weighted by molar-refractivity contribution is -0.139. The minimum Gasteiger partial charge on any atom is -0.507 e. The third-order valence-electron chi connectivity index (χ3n) is 5.24. The number of hydrogen-bond acceptors (Lipinski definition) is 4. The Hall–Kier alpha value is -3.15. The summed E-state index contributed by atoms with van der Waals surface area (Å²) in [4.78, 5) is 27.1. The SMILES string of the molecule is CCCCCN1C(=O)C(=O)/C(=C(\O)c2ccc(OC(C)C)cc2)C1c1ccccc1F. The minimum atomic E-state index is -0.968. The summed E-state index contributed by atoms with van der Waals surface area (Å²) in [6.45, 7) is 6.16. The van der Waals surface area contributed by atoms with E-state index in [0.29, 0.717) is 24.3 Å². The quantitative estimate of drug-likeness (QED) is 0.272. The van der Waals surface area contributed by atoms with Gasteiger partial charge in [0.25, 0.3) is 11.7 Å². The first-order valence-corrected chi connectivity index (χ1v) is 10.6. The lowest BCUT2D eigenvalue weighted by Gasteiger charge is -2.25. The molecule has 3 rings (SSSR count). The van der Waals surface area contributed by atoms with Crippen molar-refractivity contribution in [1.82, 2.24) is 4.90 Å². The fourth-order valence-electron chi connectivity index (χ4n) is 3.78. The molecule has 0 aromatic heterocycles. The molecule has 5 nitrogen and oxygen atoms in total. The van der Waals surface area contributed by atoms with Gasteiger partial charge in [0.2, 0.25) is 0 Å². The molecule has 1 heterocycles. The third-order valence-corrected chi connectivity index (χ3v) is 5.24. The van der Waals surface area contributed by atoms with Gasteiger partial charge in [-0.15, -0.1) is 0 Å². The number of ketones is 1. The Bertz CT molecular complexity index is 981. The van der Waals surface area contributed by atoms with E-state index < -0.39 is 23.5 Å². The number of unbranched alkanes of at least 4 members (excludes halogenated alkanes) is 2. The molecule has 0 saturated carbocycles. The average Bonchev–Trinajstić information content (AvgIpc) is 2.99. The number of benzene rings is 2. The number of halogens is 1. The molecule has 2 aromatic rings. The van der Waals surface area contributed by atoms with E-state index in [0.717, 1.165) is 12.8 Å². The van der Waals surface area contributed by atoms with Crippen molar-refractivity contribution in [2.24, 2.45) is 0 Å². The first-order chi connectivity index (χ1) is 14.8. The third kappa shape index (κ3) is 4.79. The topological polar surface area (TPSA) is 66.8 Å². The van der Waals surface area contributed by atoms with Gasteiger partial charge in [-0.1, -0.05) is 38.0 Å². The van der Waals surface area contributed by atoms with Crippen LogP contribution in [-0.2, 0) is 9.59 Å². The van der Waals surface area contributed by atoms with E-state index in [1.807, 2.05) is 20.8 Å². The van der Waals surface area contributed by atoms with Crippen LogP contribution >= 0.6 is 0 Å². The summed E-state index contributed by atoms with van der Waals surface area (Å²) in [5.74, 6) is -1.74. The Balaban J connectivity index is 2.07. The van der Waals surface area contributed by atoms with Crippen molar-refractivity contribution >= 4 is 17.4 Å². The van der Waals surface area contributed by atoms with E-state index in [4.69, 9.17) is 4.74 Å². The molecule has 1 aliphatic heterocycles. The second-order valence-electron chi connectivity index (χ2n) is 7.91. The summed E-state index contributed by atoms with van der Waals surface area (Å²) in [7, 11) is 0. The van der Waals surface area contributed by atoms with Crippen LogP contribution in [0.5, 0.6) is 5.75 Å². The molecule has 1 N–H and O–H groups in total. The van der Waals surface area contributed by atoms with Gasteiger partial charge in [-0.2, -0.15) is 0 Å². The fraction of sp³-hybridized carbons (Fsp3) is 0.360. The number of aliphatic hydroxyl groups is 1. The molecule has 1 unspecified atom stereocenters. The molecular weight excluding hydrogens is 397 g/mol. The van der Waals surface area contributed by atoms with E-state index >= 15 is 0 Å². The van der Waals surface area contributed by atoms with E-state index in [1.165, 1.54) is 11.0 Å². The maximum absolute atomic E-state index is 14.7. The molecule has 31 heavy (non-hydrogen) atoms. The van der Waals surface area contributed by atoms with Gasteiger partial charge in [0.1, 0.15) is 17.3 Å². The maximum atomic E-state index is 14.7. The van der Waals surface area contributed by atoms with E-state index in [2.05, 4.69) is 0 Å². The van der Waals surface area contributed by atoms with Crippen LogP contribution in [0.2, 0.25) is 0 Å². The Morgan fingerprint density at radius 2 is 1.77 bits per heavy atom. The lowest BCUT2D eigenvalue weighted by atomic mass is 9.95. The highest BCUT2D eigenvalue weighted by molar-refractivity contribution is 6.46. The molecule has 1 aliphatic rings. The first kappa shape index (κ1) is 22.5. The predicted molar refractivity (Wildman–Crippen MR) is 117 cm³/mol. The number of carbonyl (C=O) groups excluding carboxylic acids is 2. The molecule has 0 aliphatic carbocycles. The van der Waals surface area contributed by atoms with Crippen molar-refractivity contribution in [1.29, 1.82) is 0 Å². The summed E-state index contributed by atoms with van der Waals surface area (Å²) in [6, 6.07) is 11.7. The van der Waals surface area contributed by atoms with Gasteiger partial charge in [0, 0.05) is 17.7 Å². The van der Waals surface area contributed by atoms with Crippen LogP contribution in [0.1, 0.15) is 57.2 Å². The highest BCUT2D eigenvalue weighted by Crippen LogP contribution is 2.40. The Morgan fingerprint density at radius 1 is 1.10 bits per heavy atom. The monoisotopic (exact) mass is 425 g/mol. The molecule has 6 heteroatoms. The number of likely N-dealkylation sites (tertiary alicyclic amines) is 1. The number of rotatable bonds is 8. The van der Waals surface area contributed by atoms with Crippen molar-refractivity contribution in [2.45, 2.75) is 52.2 Å². The van der Waals surface area contributed by atoms with Crippen molar-refractivity contribution in [3.63, 3.8) is 0 Å². The van der Waals surface area contributed by atoms with Gasteiger partial charge in [-0.25, -0.2) is 4.39 Å². The standard InChI is InChI=1S/C25H28FNO4/c1-4-5-8-15-27-22(19-9-6-7-10-20(19)26)21(24(29)25(27)30)23(28)17-11-13-18(14-12-17)31-16(2)3/h6-7,9-14,16,22,28H,4-5,8,15H2,1-3H3/b23-21-. The zero-order valence-corrected chi connectivity index (χ0v) is 18.1. The smallest absolute Gasteiger partial charge is 0.295 e. The Labute approximate surface area is 182 Å². The Kier molecular flexibility index (Phi) is 7.10. The van der Waals surface area contributed by atoms with Crippen LogP contribution in [0, 0.1) is 5.82 Å². The molecule has 1 atom stereocenters. The fourth-order valence-corrected chi connectivity index (χ4v) is 3.78. The molecule has 0 spiro atoms. The van der Waals surface area contributed by atoms with Crippen molar-refractivity contribution in [2.75, 3.05) is 6.54 Å². The van der Waals surface area contributed by atoms with Crippen LogP contribution in [0.15, 0.2) is 54.1 Å². The minimum absolute atomic E-state index is 0.00560. The molecule has 0 bridgehead atoms. The number of amides is 1. The molecule has 1 amide bonds. The summed E-state index contributed by atoms with van der Waals surface area (Å²) in [5.41, 5.74) is 0.465. The molecule has 0 radical (unpaired) electrons. The lowest BCUT2D eigenvalue weighted by Crippen LogP contribution is -2.31. The van der Waals surface area contributed by atoms with Gasteiger partial charge < -0.3 is 14.7 Å². The maximum Gasteiger partial charge on any atom is 0.295 e. The van der Waals surface area contributed by atoms with E-state index in [1.54, 1.807) is 42.5 Å². The Morgan fingerprint density at radius 3 is 2.39 bits per heavy atom. The highest BCUT2D eigenvalue weighted by atomic mass is 19.1. The van der Waals surface area contributed by atoms with E-state index in [-0.39, 0.29) is 23.0 Å². The summed E-state index contributed by atoms with van der Waals surface area (Å²) in [5, 5.41) is 11.0. The number of aliphatic hydroxyl groups excluding tert-OH is 1. The molecule has 1 saturated heterocycles.